The predicted octanol–water partition coefficient (Wildman–Crippen LogP) is 4.61. The van der Waals surface area contributed by atoms with Crippen LogP contribution in [0.2, 0.25) is 0 Å². The highest BCUT2D eigenvalue weighted by molar-refractivity contribution is 6.03. The highest BCUT2D eigenvalue weighted by Crippen LogP contribution is 2.30. The number of amides is 1. The van der Waals surface area contributed by atoms with E-state index in [-0.39, 0.29) is 12.5 Å². The molecule has 1 amide bonds. The molecule has 0 saturated heterocycles. The molecule has 166 valence electrons. The summed E-state index contributed by atoms with van der Waals surface area (Å²) in [7, 11) is 0. The molecule has 7 nitrogen and oxygen atoms in total. The van der Waals surface area contributed by atoms with Crippen LogP contribution in [0.1, 0.15) is 25.0 Å². The van der Waals surface area contributed by atoms with Crippen molar-refractivity contribution in [2.45, 2.75) is 20.4 Å². The molecule has 1 N–H and O–H groups in total. The number of hydrogen-bond acceptors (Lipinski definition) is 5. The first-order valence-corrected chi connectivity index (χ1v) is 10.8. The monoisotopic (exact) mass is 440 g/mol. The van der Waals surface area contributed by atoms with Crippen LogP contribution in [0.25, 0.3) is 21.7 Å². The molecule has 0 fully saturated rings. The zero-order valence-corrected chi connectivity index (χ0v) is 18.5. The minimum absolute atomic E-state index is 0.0435. The van der Waals surface area contributed by atoms with Crippen LogP contribution in [0, 0.1) is 11.3 Å². The molecule has 0 aliphatic carbocycles. The average molecular weight is 441 g/mol. The molecule has 4 aromatic rings. The Labute approximate surface area is 191 Å². The lowest BCUT2D eigenvalue weighted by Crippen LogP contribution is -2.22. The summed E-state index contributed by atoms with van der Waals surface area (Å²) in [5, 5.41) is 16.3. The highest BCUT2D eigenvalue weighted by Gasteiger charge is 2.11. The van der Waals surface area contributed by atoms with Gasteiger partial charge in [0, 0.05) is 22.7 Å². The standard InChI is InChI=1S/C26H24N4O3/c1-3-32-20-11-9-18-10-12-25(33-4-2)23(22(18)13-20)15-28-29-26(31)17-30-16-19(14-27)21-7-5-6-8-24(21)30/h5-13,15-16H,3-4,17H2,1-2H3,(H,29,31). The summed E-state index contributed by atoms with van der Waals surface area (Å²) < 4.78 is 13.2. The van der Waals surface area contributed by atoms with Gasteiger partial charge < -0.3 is 14.0 Å². The van der Waals surface area contributed by atoms with E-state index in [4.69, 9.17) is 9.47 Å². The number of carbonyl (C=O) groups is 1. The number of aromatic nitrogens is 1. The Hall–Kier alpha value is -4.31. The van der Waals surface area contributed by atoms with Crippen molar-refractivity contribution in [2.24, 2.45) is 5.10 Å². The van der Waals surface area contributed by atoms with E-state index in [2.05, 4.69) is 16.6 Å². The Bertz CT molecular complexity index is 1380. The van der Waals surface area contributed by atoms with E-state index in [9.17, 15) is 10.1 Å². The number of hydrazone groups is 1. The van der Waals surface area contributed by atoms with Crippen molar-refractivity contribution >= 4 is 33.8 Å². The molecule has 0 aliphatic heterocycles. The number of nitrogens with one attached hydrogen (secondary N) is 1. The third-order valence-electron chi connectivity index (χ3n) is 5.21. The summed E-state index contributed by atoms with van der Waals surface area (Å²) >= 11 is 0. The van der Waals surface area contributed by atoms with E-state index < -0.39 is 0 Å². The summed E-state index contributed by atoms with van der Waals surface area (Å²) in [6, 6.07) is 19.4. The van der Waals surface area contributed by atoms with Crippen LogP contribution >= 0.6 is 0 Å². The van der Waals surface area contributed by atoms with Gasteiger partial charge in [-0.1, -0.05) is 30.3 Å². The molecule has 0 atom stereocenters. The Balaban J connectivity index is 1.58. The van der Waals surface area contributed by atoms with Crippen molar-refractivity contribution in [2.75, 3.05) is 13.2 Å². The lowest BCUT2D eigenvalue weighted by molar-refractivity contribution is -0.121. The number of nitriles is 1. The fourth-order valence-corrected chi connectivity index (χ4v) is 3.80. The zero-order chi connectivity index (χ0) is 23.2. The number of nitrogens with zero attached hydrogens (tertiary/aromatic N) is 3. The lowest BCUT2D eigenvalue weighted by Gasteiger charge is -2.12. The quantitative estimate of drug-likeness (QED) is 0.320. The van der Waals surface area contributed by atoms with Crippen LogP contribution in [0.5, 0.6) is 11.5 Å². The first-order chi connectivity index (χ1) is 16.1. The second-order valence-electron chi connectivity index (χ2n) is 7.32. The second kappa shape index (κ2) is 9.88. The van der Waals surface area contributed by atoms with Crippen molar-refractivity contribution in [3.8, 4) is 17.6 Å². The van der Waals surface area contributed by atoms with Crippen LogP contribution in [-0.2, 0) is 11.3 Å². The summed E-state index contributed by atoms with van der Waals surface area (Å²) in [5.41, 5.74) is 4.70. The van der Waals surface area contributed by atoms with Gasteiger partial charge >= 0.3 is 0 Å². The van der Waals surface area contributed by atoms with Gasteiger partial charge in [0.2, 0.25) is 0 Å². The smallest absolute Gasteiger partial charge is 0.259 e. The van der Waals surface area contributed by atoms with E-state index in [1.165, 1.54) is 0 Å². The molecule has 0 spiro atoms. The van der Waals surface area contributed by atoms with Crippen molar-refractivity contribution in [3.63, 3.8) is 0 Å². The highest BCUT2D eigenvalue weighted by atomic mass is 16.5. The van der Waals surface area contributed by atoms with Gasteiger partial charge in [-0.2, -0.15) is 10.4 Å². The number of para-hydroxylation sites is 1. The largest absolute Gasteiger partial charge is 0.494 e. The maximum atomic E-state index is 12.6. The fraction of sp³-hybridized carbons (Fsp3) is 0.192. The van der Waals surface area contributed by atoms with Crippen molar-refractivity contribution in [1.82, 2.24) is 9.99 Å². The predicted molar refractivity (Wildman–Crippen MR) is 129 cm³/mol. The van der Waals surface area contributed by atoms with Crippen LogP contribution < -0.4 is 14.9 Å². The lowest BCUT2D eigenvalue weighted by atomic mass is 10.0. The minimum Gasteiger partial charge on any atom is -0.494 e. The van der Waals surface area contributed by atoms with Gasteiger partial charge in [0.1, 0.15) is 24.1 Å². The van der Waals surface area contributed by atoms with Gasteiger partial charge in [0.15, 0.2) is 0 Å². The van der Waals surface area contributed by atoms with E-state index in [1.807, 2.05) is 68.4 Å². The van der Waals surface area contributed by atoms with E-state index in [0.717, 1.165) is 33.0 Å². The van der Waals surface area contributed by atoms with Gasteiger partial charge in [0.05, 0.1) is 25.0 Å². The molecule has 0 saturated carbocycles. The zero-order valence-electron chi connectivity index (χ0n) is 18.5. The number of ether oxygens (including phenoxy) is 2. The van der Waals surface area contributed by atoms with Crippen molar-refractivity contribution in [1.29, 1.82) is 5.26 Å². The number of fused-ring (bicyclic) bond motifs is 2. The van der Waals surface area contributed by atoms with Crippen molar-refractivity contribution in [3.05, 3.63) is 71.9 Å². The van der Waals surface area contributed by atoms with E-state index >= 15 is 0 Å². The Kier molecular flexibility index (Phi) is 6.56. The van der Waals surface area contributed by atoms with Crippen molar-refractivity contribution < 1.29 is 14.3 Å². The molecule has 0 radical (unpaired) electrons. The van der Waals surface area contributed by atoms with Crippen LogP contribution in [0.3, 0.4) is 0 Å². The molecule has 4 rings (SSSR count). The SMILES string of the molecule is CCOc1ccc2ccc(OCC)c(C=NNC(=O)Cn3cc(C#N)c4ccccc43)c2c1. The minimum atomic E-state index is -0.301. The van der Waals surface area contributed by atoms with Gasteiger partial charge in [-0.05, 0) is 48.9 Å². The number of benzene rings is 3. The van der Waals surface area contributed by atoms with Crippen LogP contribution in [0.4, 0.5) is 0 Å². The second-order valence-corrected chi connectivity index (χ2v) is 7.32. The van der Waals surface area contributed by atoms with Gasteiger partial charge in [-0.25, -0.2) is 5.43 Å². The molecule has 1 heterocycles. The molecule has 7 heteroatoms. The Morgan fingerprint density at radius 1 is 1.09 bits per heavy atom. The van der Waals surface area contributed by atoms with E-state index in [0.29, 0.717) is 24.5 Å². The summed E-state index contributed by atoms with van der Waals surface area (Å²) in [6.45, 7) is 4.97. The van der Waals surface area contributed by atoms with E-state index in [1.54, 1.807) is 17.0 Å². The molecule has 0 unspecified atom stereocenters. The molecular weight excluding hydrogens is 416 g/mol. The summed E-state index contributed by atoms with van der Waals surface area (Å²) in [5.74, 6) is 1.13. The van der Waals surface area contributed by atoms with Crippen LogP contribution in [0.15, 0.2) is 65.9 Å². The fourth-order valence-electron chi connectivity index (χ4n) is 3.80. The summed E-state index contributed by atoms with van der Waals surface area (Å²) in [6.07, 6.45) is 3.27. The molecule has 3 aromatic carbocycles. The number of rotatable bonds is 8. The molecule has 0 aliphatic rings. The maximum absolute atomic E-state index is 12.6. The van der Waals surface area contributed by atoms with Gasteiger partial charge in [-0.15, -0.1) is 0 Å². The van der Waals surface area contributed by atoms with Crippen LogP contribution in [-0.4, -0.2) is 29.9 Å². The normalized spacial score (nSPS) is 11.1. The van der Waals surface area contributed by atoms with Gasteiger partial charge in [-0.3, -0.25) is 4.79 Å². The molecule has 0 bridgehead atoms. The first kappa shape index (κ1) is 21.9. The van der Waals surface area contributed by atoms with Gasteiger partial charge in [0.25, 0.3) is 5.91 Å². The third-order valence-corrected chi connectivity index (χ3v) is 5.21. The maximum Gasteiger partial charge on any atom is 0.259 e. The number of carbonyl (C=O) groups excluding carboxylic acids is 1. The molecule has 33 heavy (non-hydrogen) atoms. The Morgan fingerprint density at radius 3 is 2.67 bits per heavy atom. The average Bonchev–Trinajstić information content (AvgIpc) is 3.18. The summed E-state index contributed by atoms with van der Waals surface area (Å²) in [4.78, 5) is 12.6. The topological polar surface area (TPSA) is 88.6 Å². The first-order valence-electron chi connectivity index (χ1n) is 10.8. The molecule has 1 aromatic heterocycles. The number of hydrogen-bond donors (Lipinski definition) is 1. The third kappa shape index (κ3) is 4.65. The Morgan fingerprint density at radius 2 is 1.88 bits per heavy atom. The molecular formula is C26H24N4O3.